The number of hydrogen-bond donors (Lipinski definition) is 2. The highest BCUT2D eigenvalue weighted by Crippen LogP contribution is 2.38. The summed E-state index contributed by atoms with van der Waals surface area (Å²) in [6.07, 6.45) is 3.10. The summed E-state index contributed by atoms with van der Waals surface area (Å²) in [4.78, 5) is 12.3. The van der Waals surface area contributed by atoms with E-state index in [0.717, 1.165) is 40.8 Å². The standard InChI is InChI=1S/C16H21BrN2O3/c17-13-6-10(7-14-15(13)22-5-4-21-14)9-19-16(20)12-3-1-2-11(12)8-18/h6-7,11-12H,1-5,8-9,18H2,(H,19,20)/t11-,12-/m1/s1. The number of rotatable bonds is 4. The molecule has 0 saturated heterocycles. The third kappa shape index (κ3) is 3.22. The van der Waals surface area contributed by atoms with Crippen LogP contribution < -0.4 is 20.5 Å². The molecule has 1 saturated carbocycles. The van der Waals surface area contributed by atoms with Crippen LogP contribution in [0.5, 0.6) is 11.5 Å². The smallest absolute Gasteiger partial charge is 0.223 e. The van der Waals surface area contributed by atoms with Crippen molar-refractivity contribution in [3.63, 3.8) is 0 Å². The first-order valence-corrected chi connectivity index (χ1v) is 8.54. The van der Waals surface area contributed by atoms with Crippen LogP contribution in [0.2, 0.25) is 0 Å². The topological polar surface area (TPSA) is 73.6 Å². The van der Waals surface area contributed by atoms with Crippen molar-refractivity contribution < 1.29 is 14.3 Å². The maximum atomic E-state index is 12.3. The molecule has 1 aliphatic carbocycles. The predicted octanol–water partition coefficient (Wildman–Crippen LogP) is 2.21. The zero-order chi connectivity index (χ0) is 15.5. The highest BCUT2D eigenvalue weighted by atomic mass is 79.9. The van der Waals surface area contributed by atoms with Gasteiger partial charge in [0.05, 0.1) is 4.47 Å². The van der Waals surface area contributed by atoms with E-state index in [0.29, 0.717) is 32.2 Å². The number of nitrogens with two attached hydrogens (primary N) is 1. The highest BCUT2D eigenvalue weighted by Gasteiger charge is 2.31. The first-order chi connectivity index (χ1) is 10.7. The van der Waals surface area contributed by atoms with E-state index >= 15 is 0 Å². The Hall–Kier alpha value is -1.27. The van der Waals surface area contributed by atoms with Crippen LogP contribution >= 0.6 is 15.9 Å². The molecule has 1 amide bonds. The normalized spacial score (nSPS) is 23.4. The van der Waals surface area contributed by atoms with E-state index in [1.54, 1.807) is 0 Å². The van der Waals surface area contributed by atoms with Gasteiger partial charge < -0.3 is 20.5 Å². The fraction of sp³-hybridized carbons (Fsp3) is 0.562. The van der Waals surface area contributed by atoms with Crippen molar-refractivity contribution in [1.82, 2.24) is 5.32 Å². The Kier molecular flexibility index (Phi) is 4.88. The van der Waals surface area contributed by atoms with Gasteiger partial charge in [-0.2, -0.15) is 0 Å². The molecular weight excluding hydrogens is 348 g/mol. The number of carbonyl (C=O) groups is 1. The van der Waals surface area contributed by atoms with Gasteiger partial charge in [-0.05, 0) is 58.9 Å². The Balaban J connectivity index is 1.64. The van der Waals surface area contributed by atoms with Gasteiger partial charge in [-0.3, -0.25) is 4.79 Å². The van der Waals surface area contributed by atoms with Gasteiger partial charge in [0.2, 0.25) is 5.91 Å². The van der Waals surface area contributed by atoms with E-state index in [9.17, 15) is 4.79 Å². The van der Waals surface area contributed by atoms with Crippen molar-refractivity contribution in [3.8, 4) is 11.5 Å². The highest BCUT2D eigenvalue weighted by molar-refractivity contribution is 9.10. The van der Waals surface area contributed by atoms with Gasteiger partial charge >= 0.3 is 0 Å². The molecule has 2 aliphatic rings. The molecule has 1 fully saturated rings. The monoisotopic (exact) mass is 368 g/mol. The largest absolute Gasteiger partial charge is 0.486 e. The Morgan fingerprint density at radius 2 is 2.14 bits per heavy atom. The molecule has 1 heterocycles. The molecule has 22 heavy (non-hydrogen) atoms. The predicted molar refractivity (Wildman–Crippen MR) is 86.9 cm³/mol. The molecule has 0 aromatic heterocycles. The van der Waals surface area contributed by atoms with Crippen molar-refractivity contribution >= 4 is 21.8 Å². The average molecular weight is 369 g/mol. The summed E-state index contributed by atoms with van der Waals surface area (Å²) >= 11 is 3.49. The quantitative estimate of drug-likeness (QED) is 0.854. The van der Waals surface area contributed by atoms with E-state index in [-0.39, 0.29) is 11.8 Å². The Bertz CT molecular complexity index is 565. The molecule has 0 radical (unpaired) electrons. The van der Waals surface area contributed by atoms with Gasteiger partial charge in [0.15, 0.2) is 11.5 Å². The molecule has 1 aliphatic heterocycles. The molecule has 0 spiro atoms. The van der Waals surface area contributed by atoms with Crippen molar-refractivity contribution in [2.75, 3.05) is 19.8 Å². The lowest BCUT2D eigenvalue weighted by atomic mass is 9.95. The van der Waals surface area contributed by atoms with Crippen LogP contribution in [0.25, 0.3) is 0 Å². The molecule has 0 bridgehead atoms. The van der Waals surface area contributed by atoms with Gasteiger partial charge in [-0.15, -0.1) is 0 Å². The summed E-state index contributed by atoms with van der Waals surface area (Å²) in [6.45, 7) is 2.19. The number of ether oxygens (including phenoxy) is 2. The number of carbonyl (C=O) groups excluding carboxylic acids is 1. The second-order valence-corrected chi connectivity index (χ2v) is 6.71. The van der Waals surface area contributed by atoms with Gasteiger partial charge in [-0.1, -0.05) is 6.42 Å². The van der Waals surface area contributed by atoms with Gasteiger partial charge in [0.1, 0.15) is 13.2 Å². The molecule has 2 atom stereocenters. The van der Waals surface area contributed by atoms with Crippen molar-refractivity contribution in [1.29, 1.82) is 0 Å². The second kappa shape index (κ2) is 6.87. The van der Waals surface area contributed by atoms with Crippen molar-refractivity contribution in [2.45, 2.75) is 25.8 Å². The Labute approximate surface area is 138 Å². The van der Waals surface area contributed by atoms with E-state index in [1.807, 2.05) is 12.1 Å². The van der Waals surface area contributed by atoms with Crippen LogP contribution in [0.15, 0.2) is 16.6 Å². The van der Waals surface area contributed by atoms with E-state index in [1.165, 1.54) is 0 Å². The van der Waals surface area contributed by atoms with Gasteiger partial charge in [0, 0.05) is 12.5 Å². The average Bonchev–Trinajstić information content (AvgIpc) is 3.01. The number of benzene rings is 1. The number of amides is 1. The lowest BCUT2D eigenvalue weighted by Gasteiger charge is -2.21. The van der Waals surface area contributed by atoms with Crippen LogP contribution in [-0.4, -0.2) is 25.7 Å². The van der Waals surface area contributed by atoms with Crippen molar-refractivity contribution in [3.05, 3.63) is 22.2 Å². The summed E-state index contributed by atoms with van der Waals surface area (Å²) in [5, 5.41) is 3.03. The summed E-state index contributed by atoms with van der Waals surface area (Å²) in [7, 11) is 0. The number of hydrogen-bond acceptors (Lipinski definition) is 4. The van der Waals surface area contributed by atoms with Crippen LogP contribution in [0.1, 0.15) is 24.8 Å². The molecule has 1 aromatic carbocycles. The molecule has 0 unspecified atom stereocenters. The third-order valence-corrected chi connectivity index (χ3v) is 5.01. The molecule has 5 nitrogen and oxygen atoms in total. The summed E-state index contributed by atoms with van der Waals surface area (Å²) in [5.74, 6) is 1.96. The molecule has 6 heteroatoms. The number of halogens is 1. The minimum Gasteiger partial charge on any atom is -0.486 e. The summed E-state index contributed by atoms with van der Waals surface area (Å²) in [5.41, 5.74) is 6.74. The first kappa shape index (κ1) is 15.6. The maximum Gasteiger partial charge on any atom is 0.223 e. The van der Waals surface area contributed by atoms with Gasteiger partial charge in [0.25, 0.3) is 0 Å². The number of nitrogens with one attached hydrogen (secondary N) is 1. The fourth-order valence-electron chi connectivity index (χ4n) is 3.25. The lowest BCUT2D eigenvalue weighted by Crippen LogP contribution is -2.34. The van der Waals surface area contributed by atoms with Gasteiger partial charge in [-0.25, -0.2) is 0 Å². The van der Waals surface area contributed by atoms with Crippen LogP contribution in [0.4, 0.5) is 0 Å². The Morgan fingerprint density at radius 3 is 2.95 bits per heavy atom. The molecule has 3 rings (SSSR count). The fourth-order valence-corrected chi connectivity index (χ4v) is 3.85. The minimum absolute atomic E-state index is 0.0608. The molecule has 120 valence electrons. The second-order valence-electron chi connectivity index (χ2n) is 5.85. The van der Waals surface area contributed by atoms with Crippen LogP contribution in [-0.2, 0) is 11.3 Å². The van der Waals surface area contributed by atoms with Crippen LogP contribution in [0, 0.1) is 11.8 Å². The van der Waals surface area contributed by atoms with Crippen molar-refractivity contribution in [2.24, 2.45) is 17.6 Å². The SMILES string of the molecule is NC[C@H]1CCC[C@H]1C(=O)NCc1cc(Br)c2c(c1)OCCO2. The molecular formula is C16H21BrN2O3. The first-order valence-electron chi connectivity index (χ1n) is 7.75. The molecule has 3 N–H and O–H groups in total. The zero-order valence-electron chi connectivity index (χ0n) is 12.4. The third-order valence-electron chi connectivity index (χ3n) is 4.42. The summed E-state index contributed by atoms with van der Waals surface area (Å²) in [6, 6.07) is 3.89. The zero-order valence-corrected chi connectivity index (χ0v) is 14.0. The van der Waals surface area contributed by atoms with E-state index in [2.05, 4.69) is 21.2 Å². The molecule has 1 aromatic rings. The van der Waals surface area contributed by atoms with E-state index in [4.69, 9.17) is 15.2 Å². The van der Waals surface area contributed by atoms with Crippen LogP contribution in [0.3, 0.4) is 0 Å². The van der Waals surface area contributed by atoms with E-state index < -0.39 is 0 Å². The Morgan fingerprint density at radius 1 is 1.32 bits per heavy atom. The lowest BCUT2D eigenvalue weighted by molar-refractivity contribution is -0.126. The summed E-state index contributed by atoms with van der Waals surface area (Å²) < 4.78 is 12.0. The number of fused-ring (bicyclic) bond motifs is 1. The maximum absolute atomic E-state index is 12.3. The minimum atomic E-state index is 0.0608.